The van der Waals surface area contributed by atoms with Gasteiger partial charge in [0.05, 0.1) is 0 Å². The largest absolute Gasteiger partial charge is 0.573 e. The molecule has 8 heteroatoms. The Morgan fingerprint density at radius 2 is 1.96 bits per heavy atom. The van der Waals surface area contributed by atoms with Gasteiger partial charge in [-0.1, -0.05) is 6.07 Å². The first kappa shape index (κ1) is 17.3. The van der Waals surface area contributed by atoms with Crippen molar-refractivity contribution < 1.29 is 17.9 Å². The zero-order chi connectivity index (χ0) is 18.0. The molecule has 1 aliphatic heterocycles. The van der Waals surface area contributed by atoms with Gasteiger partial charge in [0.1, 0.15) is 23.7 Å². The fourth-order valence-corrected chi connectivity index (χ4v) is 2.82. The molecule has 0 bridgehead atoms. The minimum atomic E-state index is -4.69. The van der Waals surface area contributed by atoms with E-state index < -0.39 is 6.36 Å². The summed E-state index contributed by atoms with van der Waals surface area (Å²) in [6.07, 6.45) is -2.47. The third kappa shape index (κ3) is 4.52. The molecule has 2 aromatic rings. The van der Waals surface area contributed by atoms with Crippen LogP contribution in [0.2, 0.25) is 0 Å². The maximum atomic E-state index is 12.4. The normalized spacial score (nSPS) is 14.4. The summed E-state index contributed by atoms with van der Waals surface area (Å²) in [5.41, 5.74) is 1.84. The van der Waals surface area contributed by atoms with E-state index >= 15 is 0 Å². The summed E-state index contributed by atoms with van der Waals surface area (Å²) in [6, 6.07) is 6.59. The predicted octanol–water partition coefficient (Wildman–Crippen LogP) is 3.76. The smallest absolute Gasteiger partial charge is 0.406 e. The van der Waals surface area contributed by atoms with Crippen LogP contribution in [0.15, 0.2) is 30.6 Å². The van der Waals surface area contributed by atoms with Crippen LogP contribution >= 0.6 is 0 Å². The first-order valence-electron chi connectivity index (χ1n) is 8.01. The highest BCUT2D eigenvalue weighted by Crippen LogP contribution is 2.29. The number of fused-ring (bicyclic) bond motifs is 1. The van der Waals surface area contributed by atoms with E-state index in [1.54, 1.807) is 6.07 Å². The third-order valence-electron chi connectivity index (χ3n) is 3.84. The number of hydrogen-bond donors (Lipinski definition) is 1. The van der Waals surface area contributed by atoms with Gasteiger partial charge in [-0.3, -0.25) is 0 Å². The van der Waals surface area contributed by atoms with Gasteiger partial charge in [0, 0.05) is 25.2 Å². The highest BCUT2D eigenvalue weighted by Gasteiger charge is 2.31. The Kier molecular flexibility index (Phi) is 4.69. The molecule has 0 atom stereocenters. The molecule has 134 valence electrons. The van der Waals surface area contributed by atoms with Crippen LogP contribution in [0.5, 0.6) is 5.75 Å². The van der Waals surface area contributed by atoms with Crippen molar-refractivity contribution in [2.45, 2.75) is 39.2 Å². The molecule has 5 nitrogen and oxygen atoms in total. The first-order chi connectivity index (χ1) is 11.8. The average molecular weight is 352 g/mol. The zero-order valence-corrected chi connectivity index (χ0v) is 14.0. The van der Waals surface area contributed by atoms with Crippen LogP contribution in [0.3, 0.4) is 0 Å². The highest BCUT2D eigenvalue weighted by atomic mass is 19.4. The van der Waals surface area contributed by atoms with E-state index in [2.05, 4.69) is 20.0 Å². The van der Waals surface area contributed by atoms with Crippen LogP contribution in [-0.2, 0) is 13.0 Å². The molecular weight excluding hydrogens is 333 g/mol. The average Bonchev–Trinajstić information content (AvgIpc) is 2.52. The van der Waals surface area contributed by atoms with Crippen LogP contribution in [0.1, 0.15) is 25.0 Å². The fraction of sp³-hybridized carbons (Fsp3) is 0.412. The number of ether oxygens (including phenoxy) is 1. The molecule has 1 aromatic heterocycles. The zero-order valence-electron chi connectivity index (χ0n) is 14.0. The van der Waals surface area contributed by atoms with E-state index in [0.717, 1.165) is 35.7 Å². The van der Waals surface area contributed by atoms with Gasteiger partial charge in [-0.2, -0.15) is 0 Å². The van der Waals surface area contributed by atoms with E-state index in [9.17, 15) is 13.2 Å². The van der Waals surface area contributed by atoms with Crippen LogP contribution < -0.4 is 15.0 Å². The van der Waals surface area contributed by atoms with Gasteiger partial charge in [0.15, 0.2) is 0 Å². The molecule has 25 heavy (non-hydrogen) atoms. The van der Waals surface area contributed by atoms with Gasteiger partial charge in [0.2, 0.25) is 0 Å². The minimum Gasteiger partial charge on any atom is -0.406 e. The van der Waals surface area contributed by atoms with E-state index in [-0.39, 0.29) is 11.8 Å². The molecule has 0 fully saturated rings. The van der Waals surface area contributed by atoms with Gasteiger partial charge in [-0.05, 0) is 43.5 Å². The minimum absolute atomic E-state index is 0.196. The summed E-state index contributed by atoms with van der Waals surface area (Å²) < 4.78 is 41.2. The van der Waals surface area contributed by atoms with Crippen molar-refractivity contribution in [1.29, 1.82) is 0 Å². The van der Waals surface area contributed by atoms with Crippen molar-refractivity contribution in [3.05, 3.63) is 41.7 Å². The van der Waals surface area contributed by atoms with Gasteiger partial charge in [0.25, 0.3) is 0 Å². The first-order valence-corrected chi connectivity index (χ1v) is 8.01. The van der Waals surface area contributed by atoms with Gasteiger partial charge in [-0.25, -0.2) is 9.97 Å². The Bertz CT molecular complexity index is 749. The maximum Gasteiger partial charge on any atom is 0.573 e. The van der Waals surface area contributed by atoms with Crippen LogP contribution in [-0.4, -0.2) is 28.9 Å². The lowest BCUT2D eigenvalue weighted by atomic mass is 9.99. The molecule has 0 spiro atoms. The number of hydrogen-bond acceptors (Lipinski definition) is 5. The van der Waals surface area contributed by atoms with Gasteiger partial charge in [-0.15, -0.1) is 13.2 Å². The van der Waals surface area contributed by atoms with Crippen molar-refractivity contribution in [1.82, 2.24) is 9.97 Å². The molecule has 0 unspecified atom stereocenters. The molecule has 1 aliphatic rings. The molecule has 0 saturated carbocycles. The van der Waals surface area contributed by atoms with Crippen molar-refractivity contribution in [3.63, 3.8) is 0 Å². The Balaban J connectivity index is 1.79. The number of benzene rings is 1. The van der Waals surface area contributed by atoms with Crippen LogP contribution in [0.4, 0.5) is 24.8 Å². The lowest BCUT2D eigenvalue weighted by Crippen LogP contribution is -2.31. The number of nitrogens with one attached hydrogen (secondary N) is 1. The number of alkyl halides is 3. The molecule has 1 N–H and O–H groups in total. The second-order valence-corrected chi connectivity index (χ2v) is 6.21. The quantitative estimate of drug-likeness (QED) is 0.908. The molecular formula is C17H19F3N4O. The Morgan fingerprint density at radius 1 is 1.16 bits per heavy atom. The van der Waals surface area contributed by atoms with Crippen LogP contribution in [0.25, 0.3) is 0 Å². The predicted molar refractivity (Wildman–Crippen MR) is 88.7 cm³/mol. The summed E-state index contributed by atoms with van der Waals surface area (Å²) >= 11 is 0. The summed E-state index contributed by atoms with van der Waals surface area (Å²) in [6.45, 7) is 5.25. The molecule has 1 aromatic carbocycles. The summed E-state index contributed by atoms with van der Waals surface area (Å²) in [5, 5.41) is 3.22. The molecule has 0 amide bonds. The van der Waals surface area contributed by atoms with Crippen LogP contribution in [0, 0.1) is 0 Å². The fourth-order valence-electron chi connectivity index (χ4n) is 2.82. The SMILES string of the molecule is CC(C)Nc1cc(N2CCc3ccc(OC(F)(F)F)cc3C2)ncn1. The van der Waals surface area contributed by atoms with E-state index in [4.69, 9.17) is 0 Å². The van der Waals surface area contributed by atoms with E-state index in [0.29, 0.717) is 6.54 Å². The number of halogens is 3. The summed E-state index contributed by atoms with van der Waals surface area (Å²) in [4.78, 5) is 10.5. The number of aromatic nitrogens is 2. The number of anilines is 2. The number of rotatable bonds is 4. The summed E-state index contributed by atoms with van der Waals surface area (Å²) in [7, 11) is 0. The standard InChI is InChI=1S/C17H19F3N4O/c1-11(2)23-15-8-16(22-10-21-15)24-6-5-12-3-4-14(7-13(12)9-24)25-17(18,19)20/h3-4,7-8,10-11H,5-6,9H2,1-2H3,(H,21,22,23). The van der Waals surface area contributed by atoms with Crippen molar-refractivity contribution in [2.24, 2.45) is 0 Å². The molecule has 0 radical (unpaired) electrons. The van der Waals surface area contributed by atoms with Crippen molar-refractivity contribution in [3.8, 4) is 5.75 Å². The lowest BCUT2D eigenvalue weighted by Gasteiger charge is -2.30. The highest BCUT2D eigenvalue weighted by molar-refractivity contribution is 5.51. The molecule has 0 saturated heterocycles. The van der Waals surface area contributed by atoms with Crippen molar-refractivity contribution in [2.75, 3.05) is 16.8 Å². The van der Waals surface area contributed by atoms with E-state index in [1.807, 2.05) is 24.8 Å². The number of nitrogens with zero attached hydrogens (tertiary/aromatic N) is 3. The van der Waals surface area contributed by atoms with Gasteiger partial charge < -0.3 is 15.0 Å². The third-order valence-corrected chi connectivity index (χ3v) is 3.84. The lowest BCUT2D eigenvalue weighted by molar-refractivity contribution is -0.274. The van der Waals surface area contributed by atoms with Gasteiger partial charge >= 0.3 is 6.36 Å². The maximum absolute atomic E-state index is 12.4. The van der Waals surface area contributed by atoms with Crippen molar-refractivity contribution >= 4 is 11.6 Å². The molecule has 3 rings (SSSR count). The topological polar surface area (TPSA) is 50.3 Å². The Morgan fingerprint density at radius 3 is 2.68 bits per heavy atom. The Labute approximate surface area is 143 Å². The Hall–Kier alpha value is -2.51. The summed E-state index contributed by atoms with van der Waals surface area (Å²) in [5.74, 6) is 1.27. The molecule has 0 aliphatic carbocycles. The second kappa shape index (κ2) is 6.78. The monoisotopic (exact) mass is 352 g/mol. The second-order valence-electron chi connectivity index (χ2n) is 6.21. The van der Waals surface area contributed by atoms with E-state index in [1.165, 1.54) is 18.5 Å². The molecule has 2 heterocycles.